The highest BCUT2D eigenvalue weighted by atomic mass is 16.5. The molecule has 20 heavy (non-hydrogen) atoms. The van der Waals surface area contributed by atoms with Crippen LogP contribution in [-0.4, -0.2) is 6.10 Å². The van der Waals surface area contributed by atoms with E-state index >= 15 is 0 Å². The number of hydrogen-bond donors (Lipinski definition) is 1. The van der Waals surface area contributed by atoms with E-state index in [1.54, 1.807) is 0 Å². The fourth-order valence-corrected chi connectivity index (χ4v) is 1.92. The summed E-state index contributed by atoms with van der Waals surface area (Å²) in [4.78, 5) is 0. The molecule has 0 fully saturated rings. The molecule has 0 atom stereocenters. The van der Waals surface area contributed by atoms with Gasteiger partial charge in [0.05, 0.1) is 6.10 Å². The molecule has 0 saturated carbocycles. The van der Waals surface area contributed by atoms with E-state index in [1.165, 1.54) is 5.56 Å². The van der Waals surface area contributed by atoms with E-state index < -0.39 is 0 Å². The van der Waals surface area contributed by atoms with Gasteiger partial charge in [-0.1, -0.05) is 18.2 Å². The molecule has 0 aliphatic carbocycles. The van der Waals surface area contributed by atoms with E-state index in [1.807, 2.05) is 51.1 Å². The van der Waals surface area contributed by atoms with Crippen molar-refractivity contribution in [1.82, 2.24) is 0 Å². The van der Waals surface area contributed by atoms with Crippen molar-refractivity contribution in [1.29, 1.82) is 0 Å². The van der Waals surface area contributed by atoms with Gasteiger partial charge >= 0.3 is 0 Å². The predicted molar refractivity (Wildman–Crippen MR) is 82.6 cm³/mol. The van der Waals surface area contributed by atoms with Crippen LogP contribution in [0.1, 0.15) is 25.0 Å². The van der Waals surface area contributed by atoms with Gasteiger partial charge in [0, 0.05) is 0 Å². The zero-order valence-corrected chi connectivity index (χ0v) is 12.4. The Kier molecular flexibility index (Phi) is 4.18. The van der Waals surface area contributed by atoms with Gasteiger partial charge in [-0.25, -0.2) is 0 Å². The lowest BCUT2D eigenvalue weighted by atomic mass is 10.1. The molecule has 3 heteroatoms. The first-order valence-corrected chi connectivity index (χ1v) is 6.78. The Labute approximate surface area is 120 Å². The monoisotopic (exact) mass is 271 g/mol. The van der Waals surface area contributed by atoms with Gasteiger partial charge in [0.2, 0.25) is 0 Å². The third kappa shape index (κ3) is 3.05. The Bertz CT molecular complexity index is 606. The van der Waals surface area contributed by atoms with Gasteiger partial charge in [-0.05, 0) is 57.0 Å². The average molecular weight is 271 g/mol. The summed E-state index contributed by atoms with van der Waals surface area (Å²) in [6.45, 7) is 8.04. The van der Waals surface area contributed by atoms with Crippen LogP contribution in [0, 0.1) is 13.8 Å². The summed E-state index contributed by atoms with van der Waals surface area (Å²) in [6.07, 6.45) is 0.0771. The predicted octanol–water partition coefficient (Wildman–Crippen LogP) is 4.47. The number of anilines is 1. The molecule has 0 bridgehead atoms. The van der Waals surface area contributed by atoms with Gasteiger partial charge in [-0.3, -0.25) is 0 Å². The number of nitrogen functional groups attached to an aromatic ring is 1. The average Bonchev–Trinajstić information content (AvgIpc) is 2.39. The summed E-state index contributed by atoms with van der Waals surface area (Å²) in [7, 11) is 0. The van der Waals surface area contributed by atoms with E-state index in [2.05, 4.69) is 13.0 Å². The Morgan fingerprint density at radius 3 is 2.20 bits per heavy atom. The minimum absolute atomic E-state index is 0.0771. The van der Waals surface area contributed by atoms with E-state index in [-0.39, 0.29) is 6.10 Å². The first-order valence-electron chi connectivity index (χ1n) is 6.78. The van der Waals surface area contributed by atoms with E-state index in [4.69, 9.17) is 15.2 Å². The molecule has 0 aliphatic heterocycles. The van der Waals surface area contributed by atoms with Crippen molar-refractivity contribution in [2.45, 2.75) is 33.8 Å². The number of rotatable bonds is 4. The van der Waals surface area contributed by atoms with Crippen molar-refractivity contribution in [2.75, 3.05) is 5.73 Å². The molecule has 0 unspecified atom stereocenters. The van der Waals surface area contributed by atoms with Crippen molar-refractivity contribution in [2.24, 2.45) is 0 Å². The maximum atomic E-state index is 6.12. The second kappa shape index (κ2) is 5.87. The smallest absolute Gasteiger partial charge is 0.154 e. The molecule has 0 heterocycles. The first-order chi connectivity index (χ1) is 9.49. The number of ether oxygens (including phenoxy) is 2. The van der Waals surface area contributed by atoms with E-state index in [0.717, 1.165) is 11.3 Å². The van der Waals surface area contributed by atoms with Crippen molar-refractivity contribution >= 4 is 5.69 Å². The third-order valence-electron chi connectivity index (χ3n) is 3.16. The highest BCUT2D eigenvalue weighted by Crippen LogP contribution is 2.36. The Morgan fingerprint density at radius 2 is 1.50 bits per heavy atom. The number of para-hydroxylation sites is 1. The minimum atomic E-state index is 0.0771. The van der Waals surface area contributed by atoms with E-state index in [0.29, 0.717) is 17.2 Å². The van der Waals surface area contributed by atoms with Gasteiger partial charge in [0.25, 0.3) is 0 Å². The fraction of sp³-hybridized carbons (Fsp3) is 0.294. The number of hydrogen-bond acceptors (Lipinski definition) is 3. The molecular weight excluding hydrogens is 250 g/mol. The van der Waals surface area contributed by atoms with Crippen LogP contribution >= 0.6 is 0 Å². The van der Waals surface area contributed by atoms with Crippen LogP contribution in [0.15, 0.2) is 36.4 Å². The van der Waals surface area contributed by atoms with Crippen LogP contribution in [0.3, 0.4) is 0 Å². The number of nitrogens with two attached hydrogens (primary N) is 1. The normalized spacial score (nSPS) is 10.7. The SMILES string of the molecule is Cc1cccc(Oc2cccc(OC(C)C)c2N)c1C. The van der Waals surface area contributed by atoms with Crippen molar-refractivity contribution < 1.29 is 9.47 Å². The fourth-order valence-electron chi connectivity index (χ4n) is 1.92. The molecule has 3 nitrogen and oxygen atoms in total. The molecule has 0 aliphatic rings. The van der Waals surface area contributed by atoms with Crippen molar-refractivity contribution in [3.8, 4) is 17.2 Å². The van der Waals surface area contributed by atoms with Crippen LogP contribution in [0.5, 0.6) is 17.2 Å². The molecule has 0 spiro atoms. The summed E-state index contributed by atoms with van der Waals surface area (Å²) < 4.78 is 11.6. The first kappa shape index (κ1) is 14.3. The van der Waals surface area contributed by atoms with Crippen LogP contribution in [0.25, 0.3) is 0 Å². The lowest BCUT2D eigenvalue weighted by molar-refractivity contribution is 0.243. The van der Waals surface area contributed by atoms with Crippen LogP contribution in [0.2, 0.25) is 0 Å². The van der Waals surface area contributed by atoms with Gasteiger partial charge in [0.1, 0.15) is 17.2 Å². The Hall–Kier alpha value is -2.16. The minimum Gasteiger partial charge on any atom is -0.489 e. The highest BCUT2D eigenvalue weighted by Gasteiger charge is 2.11. The molecule has 0 amide bonds. The standard InChI is InChI=1S/C17H21NO2/c1-11(2)19-15-9-6-10-16(17(15)18)20-14-8-5-7-12(3)13(14)4/h5-11H,18H2,1-4H3. The molecule has 106 valence electrons. The quantitative estimate of drug-likeness (QED) is 0.835. The summed E-state index contributed by atoms with van der Waals surface area (Å²) >= 11 is 0. The van der Waals surface area contributed by atoms with Crippen LogP contribution < -0.4 is 15.2 Å². The molecular formula is C17H21NO2. The molecule has 2 rings (SSSR count). The van der Waals surface area contributed by atoms with Gasteiger partial charge in [0.15, 0.2) is 5.75 Å². The summed E-state index contributed by atoms with van der Waals surface area (Å²) in [5.74, 6) is 2.10. The van der Waals surface area contributed by atoms with Crippen molar-refractivity contribution in [3.05, 3.63) is 47.5 Å². The van der Waals surface area contributed by atoms with Gasteiger partial charge in [-0.15, -0.1) is 0 Å². The lowest BCUT2D eigenvalue weighted by Crippen LogP contribution is -2.07. The van der Waals surface area contributed by atoms with Gasteiger partial charge < -0.3 is 15.2 Å². The second-order valence-corrected chi connectivity index (χ2v) is 5.13. The summed E-state index contributed by atoms with van der Waals surface area (Å²) in [6, 6.07) is 11.6. The largest absolute Gasteiger partial charge is 0.489 e. The third-order valence-corrected chi connectivity index (χ3v) is 3.16. The maximum absolute atomic E-state index is 6.12. The molecule has 2 aromatic rings. The van der Waals surface area contributed by atoms with Crippen molar-refractivity contribution in [3.63, 3.8) is 0 Å². The summed E-state index contributed by atoms with van der Waals surface area (Å²) in [5.41, 5.74) is 8.95. The zero-order chi connectivity index (χ0) is 14.7. The highest BCUT2D eigenvalue weighted by molar-refractivity contribution is 5.64. The Balaban J connectivity index is 2.32. The molecule has 0 radical (unpaired) electrons. The number of benzene rings is 2. The second-order valence-electron chi connectivity index (χ2n) is 5.13. The molecule has 2 N–H and O–H groups in total. The number of aryl methyl sites for hydroxylation is 1. The molecule has 0 aromatic heterocycles. The molecule has 2 aromatic carbocycles. The maximum Gasteiger partial charge on any atom is 0.154 e. The topological polar surface area (TPSA) is 44.5 Å². The van der Waals surface area contributed by atoms with Crippen LogP contribution in [0.4, 0.5) is 5.69 Å². The zero-order valence-electron chi connectivity index (χ0n) is 12.4. The Morgan fingerprint density at radius 1 is 0.900 bits per heavy atom. The molecule has 0 saturated heterocycles. The lowest BCUT2D eigenvalue weighted by Gasteiger charge is -2.16. The van der Waals surface area contributed by atoms with Crippen LogP contribution in [-0.2, 0) is 0 Å². The summed E-state index contributed by atoms with van der Waals surface area (Å²) in [5, 5.41) is 0. The van der Waals surface area contributed by atoms with E-state index in [9.17, 15) is 0 Å². The van der Waals surface area contributed by atoms with Gasteiger partial charge in [-0.2, -0.15) is 0 Å².